The number of imidazole rings is 1. The topological polar surface area (TPSA) is 29.9 Å². The number of nitrogens with one attached hydrogen (secondary N) is 1. The van der Waals surface area contributed by atoms with Crippen LogP contribution in [0.15, 0.2) is 36.9 Å². The van der Waals surface area contributed by atoms with E-state index in [2.05, 4.69) is 30.2 Å². The minimum absolute atomic E-state index is 0.482. The van der Waals surface area contributed by atoms with Crippen molar-refractivity contribution in [2.75, 3.05) is 5.32 Å². The molecule has 0 aliphatic carbocycles. The lowest BCUT2D eigenvalue weighted by Gasteiger charge is -2.21. The molecule has 0 fully saturated rings. The van der Waals surface area contributed by atoms with E-state index < -0.39 is 0 Å². The van der Waals surface area contributed by atoms with Crippen LogP contribution in [-0.2, 0) is 0 Å². The zero-order valence-electron chi connectivity index (χ0n) is 12.1. The lowest BCUT2D eigenvalue weighted by Crippen LogP contribution is -2.19. The molecule has 4 heteroatoms. The summed E-state index contributed by atoms with van der Waals surface area (Å²) in [5.41, 5.74) is 2.04. The lowest BCUT2D eigenvalue weighted by molar-refractivity contribution is 0.593. The van der Waals surface area contributed by atoms with Crippen molar-refractivity contribution in [1.82, 2.24) is 9.55 Å². The van der Waals surface area contributed by atoms with Crippen LogP contribution < -0.4 is 5.32 Å². The molecule has 0 aliphatic heterocycles. The zero-order valence-corrected chi connectivity index (χ0v) is 12.9. The van der Waals surface area contributed by atoms with E-state index in [4.69, 9.17) is 11.6 Å². The van der Waals surface area contributed by atoms with Gasteiger partial charge in [0.2, 0.25) is 0 Å². The van der Waals surface area contributed by atoms with Crippen molar-refractivity contribution in [2.24, 2.45) is 0 Å². The fraction of sp³-hybridized carbons (Fsp3) is 0.438. The van der Waals surface area contributed by atoms with Gasteiger partial charge in [-0.3, -0.25) is 0 Å². The van der Waals surface area contributed by atoms with Crippen LogP contribution in [0, 0.1) is 0 Å². The monoisotopic (exact) mass is 291 g/mol. The van der Waals surface area contributed by atoms with E-state index in [-0.39, 0.29) is 0 Å². The lowest BCUT2D eigenvalue weighted by atomic mass is 10.1. The normalized spacial score (nSPS) is 12.3. The van der Waals surface area contributed by atoms with Crippen molar-refractivity contribution in [3.05, 3.63) is 41.9 Å². The predicted molar refractivity (Wildman–Crippen MR) is 85.8 cm³/mol. The van der Waals surface area contributed by atoms with Gasteiger partial charge in [-0.05, 0) is 25.0 Å². The summed E-state index contributed by atoms with van der Waals surface area (Å²) < 4.78 is 1.96. The molecule has 0 radical (unpaired) electrons. The first-order valence-corrected chi connectivity index (χ1v) is 7.67. The highest BCUT2D eigenvalue weighted by Crippen LogP contribution is 2.29. The van der Waals surface area contributed by atoms with E-state index in [9.17, 15) is 0 Å². The molecule has 3 nitrogen and oxygen atoms in total. The van der Waals surface area contributed by atoms with Crippen LogP contribution in [0.5, 0.6) is 0 Å². The molecule has 0 aliphatic rings. The van der Waals surface area contributed by atoms with Gasteiger partial charge in [0.15, 0.2) is 0 Å². The average Bonchev–Trinajstić information content (AvgIpc) is 2.97. The predicted octanol–water partition coefficient (Wildman–Crippen LogP) is 4.91. The Balaban J connectivity index is 2.25. The van der Waals surface area contributed by atoms with Crippen LogP contribution in [0.3, 0.4) is 0 Å². The third kappa shape index (κ3) is 3.54. The molecule has 2 rings (SSSR count). The van der Waals surface area contributed by atoms with Crippen LogP contribution >= 0.6 is 11.6 Å². The molecule has 1 unspecified atom stereocenters. The highest BCUT2D eigenvalue weighted by Gasteiger charge is 2.12. The van der Waals surface area contributed by atoms with E-state index >= 15 is 0 Å². The van der Waals surface area contributed by atoms with E-state index in [1.807, 2.05) is 22.9 Å². The van der Waals surface area contributed by atoms with Crippen LogP contribution in [0.25, 0.3) is 5.69 Å². The Morgan fingerprint density at radius 3 is 2.85 bits per heavy atom. The highest BCUT2D eigenvalue weighted by atomic mass is 35.5. The maximum absolute atomic E-state index is 6.36. The zero-order chi connectivity index (χ0) is 14.4. The number of para-hydroxylation sites is 1. The summed E-state index contributed by atoms with van der Waals surface area (Å²) in [7, 11) is 0. The molecule has 1 heterocycles. The molecule has 0 amide bonds. The second-order valence-electron chi connectivity index (χ2n) is 5.00. The van der Waals surface area contributed by atoms with Crippen molar-refractivity contribution in [1.29, 1.82) is 0 Å². The summed E-state index contributed by atoms with van der Waals surface area (Å²) in [6.45, 7) is 4.44. The first-order valence-electron chi connectivity index (χ1n) is 7.29. The number of rotatable bonds is 7. The number of hydrogen-bond acceptors (Lipinski definition) is 2. The number of halogens is 1. The van der Waals surface area contributed by atoms with E-state index in [1.165, 1.54) is 19.3 Å². The number of aromatic nitrogens is 2. The average molecular weight is 292 g/mol. The largest absolute Gasteiger partial charge is 0.381 e. The molecule has 0 saturated carbocycles. The van der Waals surface area contributed by atoms with Gasteiger partial charge in [-0.25, -0.2) is 4.98 Å². The molecule has 1 N–H and O–H groups in total. The van der Waals surface area contributed by atoms with Crippen LogP contribution in [0.1, 0.15) is 39.5 Å². The van der Waals surface area contributed by atoms with Gasteiger partial charge in [0.1, 0.15) is 0 Å². The minimum Gasteiger partial charge on any atom is -0.381 e. The molecule has 2 aromatic rings. The molecule has 0 spiro atoms. The second-order valence-corrected chi connectivity index (χ2v) is 5.40. The van der Waals surface area contributed by atoms with Crippen LogP contribution in [0.4, 0.5) is 5.69 Å². The van der Waals surface area contributed by atoms with Crippen molar-refractivity contribution >= 4 is 17.3 Å². The summed E-state index contributed by atoms with van der Waals surface area (Å²) in [5, 5.41) is 4.36. The van der Waals surface area contributed by atoms with Gasteiger partial charge in [0.25, 0.3) is 0 Å². The molecule has 1 aromatic heterocycles. The number of anilines is 1. The van der Waals surface area contributed by atoms with Crippen LogP contribution in [-0.4, -0.2) is 15.6 Å². The molecule has 1 aromatic carbocycles. The minimum atomic E-state index is 0.482. The highest BCUT2D eigenvalue weighted by molar-refractivity contribution is 6.33. The molecule has 0 bridgehead atoms. The first kappa shape index (κ1) is 14.9. The standard InChI is InChI=1S/C16H22ClN3/c1-3-5-7-13(4-2)19-15-9-6-8-14(17)16(15)20-11-10-18-12-20/h6,8-13,19H,3-5,7H2,1-2H3. The number of hydrogen-bond donors (Lipinski definition) is 1. The first-order chi connectivity index (χ1) is 9.76. The Morgan fingerprint density at radius 1 is 1.35 bits per heavy atom. The summed E-state index contributed by atoms with van der Waals surface area (Å²) in [6, 6.07) is 6.46. The SMILES string of the molecule is CCCCC(CC)Nc1cccc(Cl)c1-n1ccnc1. The van der Waals surface area contributed by atoms with Gasteiger partial charge in [-0.15, -0.1) is 0 Å². The summed E-state index contributed by atoms with van der Waals surface area (Å²) in [5.74, 6) is 0. The van der Waals surface area contributed by atoms with E-state index in [1.54, 1.807) is 12.5 Å². The molecule has 20 heavy (non-hydrogen) atoms. The Labute approximate surface area is 126 Å². The van der Waals surface area contributed by atoms with E-state index in [0.29, 0.717) is 6.04 Å². The Kier molecular flexibility index (Phi) is 5.48. The van der Waals surface area contributed by atoms with Crippen molar-refractivity contribution < 1.29 is 0 Å². The number of benzene rings is 1. The molecule has 0 saturated heterocycles. The smallest absolute Gasteiger partial charge is 0.0992 e. The fourth-order valence-electron chi connectivity index (χ4n) is 2.33. The molecular formula is C16H22ClN3. The summed E-state index contributed by atoms with van der Waals surface area (Å²) in [6.07, 6.45) is 10.2. The van der Waals surface area contributed by atoms with Crippen molar-refractivity contribution in [3.8, 4) is 5.69 Å². The summed E-state index contributed by atoms with van der Waals surface area (Å²) in [4.78, 5) is 4.11. The summed E-state index contributed by atoms with van der Waals surface area (Å²) >= 11 is 6.36. The number of unbranched alkanes of at least 4 members (excludes halogenated alkanes) is 1. The van der Waals surface area contributed by atoms with Crippen molar-refractivity contribution in [3.63, 3.8) is 0 Å². The van der Waals surface area contributed by atoms with Gasteiger partial charge in [-0.2, -0.15) is 0 Å². The van der Waals surface area contributed by atoms with Gasteiger partial charge in [-0.1, -0.05) is 44.4 Å². The Hall–Kier alpha value is -1.48. The molecular weight excluding hydrogens is 270 g/mol. The van der Waals surface area contributed by atoms with Gasteiger partial charge >= 0.3 is 0 Å². The van der Waals surface area contributed by atoms with Crippen LogP contribution in [0.2, 0.25) is 5.02 Å². The van der Waals surface area contributed by atoms with Gasteiger partial charge in [0.05, 0.1) is 22.7 Å². The molecule has 108 valence electrons. The van der Waals surface area contributed by atoms with E-state index in [0.717, 1.165) is 22.8 Å². The Bertz CT molecular complexity index is 523. The van der Waals surface area contributed by atoms with Crippen molar-refractivity contribution in [2.45, 2.75) is 45.6 Å². The third-order valence-corrected chi connectivity index (χ3v) is 3.81. The maximum atomic E-state index is 6.36. The van der Waals surface area contributed by atoms with Gasteiger partial charge < -0.3 is 9.88 Å². The third-order valence-electron chi connectivity index (χ3n) is 3.51. The Morgan fingerprint density at radius 2 is 2.20 bits per heavy atom. The number of nitrogens with zero attached hydrogens (tertiary/aromatic N) is 2. The van der Waals surface area contributed by atoms with Gasteiger partial charge in [0, 0.05) is 18.4 Å². The second kappa shape index (κ2) is 7.34. The quantitative estimate of drug-likeness (QED) is 0.786. The maximum Gasteiger partial charge on any atom is 0.0992 e. The molecule has 1 atom stereocenters. The fourth-order valence-corrected chi connectivity index (χ4v) is 2.61.